The second-order valence-corrected chi connectivity index (χ2v) is 6.02. The topological polar surface area (TPSA) is 39.7 Å². The highest BCUT2D eigenvalue weighted by Crippen LogP contribution is 2.18. The van der Waals surface area contributed by atoms with Gasteiger partial charge >= 0.3 is 0 Å². The number of nitrogens with zero attached hydrogens (tertiary/aromatic N) is 2. The Labute approximate surface area is 125 Å². The minimum atomic E-state index is 0.890. The molecule has 4 heteroatoms. The zero-order valence-corrected chi connectivity index (χ0v) is 13.7. The number of guanidine groups is 1. The van der Waals surface area contributed by atoms with E-state index < -0.39 is 0 Å². The first-order valence-corrected chi connectivity index (χ1v) is 8.39. The van der Waals surface area contributed by atoms with Gasteiger partial charge in [0.25, 0.3) is 0 Å². The molecule has 0 saturated carbocycles. The predicted octanol–water partition coefficient (Wildman–Crippen LogP) is 2.46. The Bertz CT molecular complexity index is 257. The first-order chi connectivity index (χ1) is 9.76. The number of nitrogens with one attached hydrogen (secondary N) is 2. The van der Waals surface area contributed by atoms with Gasteiger partial charge in [-0.1, -0.05) is 26.2 Å². The van der Waals surface area contributed by atoms with Crippen LogP contribution in [0.4, 0.5) is 0 Å². The molecular weight excluding hydrogens is 248 g/mol. The molecule has 0 amide bonds. The lowest BCUT2D eigenvalue weighted by atomic mass is 9.94. The fraction of sp³-hybridized carbons (Fsp3) is 0.938. The third-order valence-electron chi connectivity index (χ3n) is 4.23. The van der Waals surface area contributed by atoms with E-state index in [-0.39, 0.29) is 0 Å². The van der Waals surface area contributed by atoms with Crippen LogP contribution in [0.1, 0.15) is 51.9 Å². The lowest BCUT2D eigenvalue weighted by molar-refractivity contribution is 0.213. The van der Waals surface area contributed by atoms with Gasteiger partial charge in [-0.3, -0.25) is 4.99 Å². The molecule has 1 fully saturated rings. The lowest BCUT2D eigenvalue weighted by Gasteiger charge is -2.29. The average molecular weight is 282 g/mol. The van der Waals surface area contributed by atoms with E-state index in [1.807, 2.05) is 7.05 Å². The summed E-state index contributed by atoms with van der Waals surface area (Å²) < 4.78 is 0. The monoisotopic (exact) mass is 282 g/mol. The van der Waals surface area contributed by atoms with Crippen LogP contribution in [-0.4, -0.2) is 51.1 Å². The molecule has 0 aliphatic carbocycles. The summed E-state index contributed by atoms with van der Waals surface area (Å²) in [6.07, 6.45) is 9.15. The smallest absolute Gasteiger partial charge is 0.190 e. The van der Waals surface area contributed by atoms with Gasteiger partial charge in [0, 0.05) is 20.1 Å². The van der Waals surface area contributed by atoms with E-state index in [2.05, 4.69) is 34.5 Å². The van der Waals surface area contributed by atoms with Crippen LogP contribution in [0.5, 0.6) is 0 Å². The molecule has 0 radical (unpaired) electrons. The van der Waals surface area contributed by atoms with Crippen molar-refractivity contribution < 1.29 is 0 Å². The van der Waals surface area contributed by atoms with E-state index >= 15 is 0 Å². The largest absolute Gasteiger partial charge is 0.356 e. The molecule has 118 valence electrons. The van der Waals surface area contributed by atoms with Gasteiger partial charge in [-0.2, -0.15) is 0 Å². The van der Waals surface area contributed by atoms with Crippen LogP contribution in [0, 0.1) is 5.92 Å². The van der Waals surface area contributed by atoms with E-state index in [4.69, 9.17) is 0 Å². The van der Waals surface area contributed by atoms with Crippen molar-refractivity contribution in [3.63, 3.8) is 0 Å². The number of likely N-dealkylation sites (tertiary alicyclic amines) is 1. The third kappa shape index (κ3) is 7.73. The lowest BCUT2D eigenvalue weighted by Crippen LogP contribution is -2.39. The predicted molar refractivity (Wildman–Crippen MR) is 88.3 cm³/mol. The summed E-state index contributed by atoms with van der Waals surface area (Å²) in [6, 6.07) is 0. The fourth-order valence-electron chi connectivity index (χ4n) is 2.72. The molecular formula is C16H34N4. The van der Waals surface area contributed by atoms with Crippen LogP contribution >= 0.6 is 0 Å². The molecule has 0 aromatic heterocycles. The molecule has 0 unspecified atom stereocenters. The minimum Gasteiger partial charge on any atom is -0.356 e. The molecule has 2 N–H and O–H groups in total. The van der Waals surface area contributed by atoms with Crippen LogP contribution in [0.25, 0.3) is 0 Å². The van der Waals surface area contributed by atoms with Crippen LogP contribution in [0.3, 0.4) is 0 Å². The zero-order chi connectivity index (χ0) is 14.6. The van der Waals surface area contributed by atoms with Gasteiger partial charge < -0.3 is 15.5 Å². The summed E-state index contributed by atoms with van der Waals surface area (Å²) in [5.41, 5.74) is 0. The Morgan fingerprint density at radius 1 is 1.10 bits per heavy atom. The van der Waals surface area contributed by atoms with Crippen LogP contribution in [-0.2, 0) is 0 Å². The SMILES string of the molecule is CCCCCCNC(=NC)NCCC1CCN(C)CC1. The van der Waals surface area contributed by atoms with Crippen molar-refractivity contribution in [3.05, 3.63) is 0 Å². The molecule has 1 heterocycles. The standard InChI is InChI=1S/C16H34N4/c1-4-5-6-7-11-18-16(17-2)19-12-8-15-9-13-20(3)14-10-15/h15H,4-14H2,1-3H3,(H2,17,18,19). The van der Waals surface area contributed by atoms with E-state index in [0.717, 1.165) is 25.0 Å². The summed E-state index contributed by atoms with van der Waals surface area (Å²) in [7, 11) is 4.08. The maximum absolute atomic E-state index is 4.29. The van der Waals surface area contributed by atoms with Crippen molar-refractivity contribution >= 4 is 5.96 Å². The molecule has 4 nitrogen and oxygen atoms in total. The van der Waals surface area contributed by atoms with E-state index in [1.165, 1.54) is 58.0 Å². The molecule has 20 heavy (non-hydrogen) atoms. The maximum Gasteiger partial charge on any atom is 0.190 e. The van der Waals surface area contributed by atoms with Gasteiger partial charge in [0.1, 0.15) is 0 Å². The Morgan fingerprint density at radius 3 is 2.45 bits per heavy atom. The summed E-state index contributed by atoms with van der Waals surface area (Å²) >= 11 is 0. The highest BCUT2D eigenvalue weighted by Gasteiger charge is 2.15. The molecule has 1 aliphatic heterocycles. The van der Waals surface area contributed by atoms with E-state index in [1.54, 1.807) is 0 Å². The van der Waals surface area contributed by atoms with Gasteiger partial charge in [-0.25, -0.2) is 0 Å². The maximum atomic E-state index is 4.29. The molecule has 1 aliphatic rings. The van der Waals surface area contributed by atoms with Crippen molar-refractivity contribution in [1.82, 2.24) is 15.5 Å². The average Bonchev–Trinajstić information content (AvgIpc) is 2.47. The Hall–Kier alpha value is -0.770. The fourth-order valence-corrected chi connectivity index (χ4v) is 2.72. The summed E-state index contributed by atoms with van der Waals surface area (Å²) in [5, 5.41) is 6.85. The zero-order valence-electron chi connectivity index (χ0n) is 13.7. The van der Waals surface area contributed by atoms with Crippen molar-refractivity contribution in [1.29, 1.82) is 0 Å². The molecule has 0 aromatic carbocycles. The number of rotatable bonds is 8. The van der Waals surface area contributed by atoms with E-state index in [0.29, 0.717) is 0 Å². The van der Waals surface area contributed by atoms with Crippen molar-refractivity contribution in [2.24, 2.45) is 10.9 Å². The minimum absolute atomic E-state index is 0.890. The number of aliphatic imine (C=N–C) groups is 1. The highest BCUT2D eigenvalue weighted by molar-refractivity contribution is 5.79. The summed E-state index contributed by atoms with van der Waals surface area (Å²) in [5.74, 6) is 1.86. The molecule has 0 spiro atoms. The molecule has 0 aromatic rings. The summed E-state index contributed by atoms with van der Waals surface area (Å²) in [4.78, 5) is 6.72. The van der Waals surface area contributed by atoms with Crippen molar-refractivity contribution in [3.8, 4) is 0 Å². The van der Waals surface area contributed by atoms with Crippen LogP contribution in [0.2, 0.25) is 0 Å². The third-order valence-corrected chi connectivity index (χ3v) is 4.23. The molecule has 1 rings (SSSR count). The van der Waals surface area contributed by atoms with E-state index in [9.17, 15) is 0 Å². The normalized spacial score (nSPS) is 18.2. The summed E-state index contributed by atoms with van der Waals surface area (Å²) in [6.45, 7) is 6.85. The van der Waals surface area contributed by atoms with Crippen LogP contribution in [0.15, 0.2) is 4.99 Å². The first-order valence-electron chi connectivity index (χ1n) is 8.39. The van der Waals surface area contributed by atoms with Gasteiger partial charge in [0.15, 0.2) is 5.96 Å². The Morgan fingerprint density at radius 2 is 1.80 bits per heavy atom. The van der Waals surface area contributed by atoms with Crippen LogP contribution < -0.4 is 10.6 Å². The Kier molecular flexibility index (Phi) is 9.46. The van der Waals surface area contributed by atoms with Gasteiger partial charge in [0.05, 0.1) is 0 Å². The van der Waals surface area contributed by atoms with Crippen molar-refractivity contribution in [2.75, 3.05) is 40.3 Å². The Balaban J connectivity index is 2.03. The second kappa shape index (κ2) is 11.0. The number of hydrogen-bond acceptors (Lipinski definition) is 2. The van der Waals surface area contributed by atoms with Gasteiger partial charge in [-0.15, -0.1) is 0 Å². The highest BCUT2D eigenvalue weighted by atomic mass is 15.2. The molecule has 0 bridgehead atoms. The second-order valence-electron chi connectivity index (χ2n) is 6.02. The van der Waals surface area contributed by atoms with Gasteiger partial charge in [0.2, 0.25) is 0 Å². The molecule has 1 saturated heterocycles. The van der Waals surface area contributed by atoms with Crippen molar-refractivity contribution in [2.45, 2.75) is 51.9 Å². The van der Waals surface area contributed by atoms with Gasteiger partial charge in [-0.05, 0) is 51.7 Å². The quantitative estimate of drug-likeness (QED) is 0.408. The number of unbranched alkanes of at least 4 members (excludes halogenated alkanes) is 3. The number of piperidine rings is 1. The number of hydrogen-bond donors (Lipinski definition) is 2. The first kappa shape index (κ1) is 17.3. The molecule has 0 atom stereocenters.